The molecule has 5 nitrogen and oxygen atoms in total. The van der Waals surface area contributed by atoms with Gasteiger partial charge < -0.3 is 14.2 Å². The second-order valence-electron chi connectivity index (χ2n) is 3.74. The van der Waals surface area contributed by atoms with Crippen LogP contribution in [-0.4, -0.2) is 31.0 Å². The molecule has 1 aromatic heterocycles. The fourth-order valence-electron chi connectivity index (χ4n) is 1.58. The number of aromatic nitrogens is 1. The maximum Gasteiger partial charge on any atom is 0.573 e. The molecule has 1 aromatic rings. The summed E-state index contributed by atoms with van der Waals surface area (Å²) in [7, 11) is 1.10. The number of ether oxygens (including phenoxy) is 3. The van der Waals surface area contributed by atoms with Gasteiger partial charge in [-0.2, -0.15) is 0 Å². The molecule has 0 aromatic carbocycles. The molecule has 21 heavy (non-hydrogen) atoms. The van der Waals surface area contributed by atoms with Crippen molar-refractivity contribution in [2.24, 2.45) is 0 Å². The van der Waals surface area contributed by atoms with Crippen LogP contribution in [-0.2, 0) is 22.6 Å². The fourth-order valence-corrected chi connectivity index (χ4v) is 1.58. The molecular weight excluding hydrogens is 298 g/mol. The van der Waals surface area contributed by atoms with Crippen LogP contribution in [0, 0.1) is 0 Å². The number of carbonyl (C=O) groups excluding carboxylic acids is 1. The van der Waals surface area contributed by atoms with Crippen LogP contribution < -0.4 is 9.47 Å². The number of pyridine rings is 1. The van der Waals surface area contributed by atoms with Gasteiger partial charge in [0.2, 0.25) is 0 Å². The highest BCUT2D eigenvalue weighted by molar-refractivity contribution is 5.74. The number of rotatable bonds is 6. The molecule has 9 heteroatoms. The summed E-state index contributed by atoms with van der Waals surface area (Å²) in [6.07, 6.45) is -4.74. The molecule has 1 rings (SSSR count). The van der Waals surface area contributed by atoms with Gasteiger partial charge in [-0.25, -0.2) is 4.39 Å². The van der Waals surface area contributed by atoms with Crippen molar-refractivity contribution in [3.05, 3.63) is 17.5 Å². The molecule has 0 atom stereocenters. The quantitative estimate of drug-likeness (QED) is 0.597. The van der Waals surface area contributed by atoms with Crippen LogP contribution in [0.1, 0.15) is 18.2 Å². The van der Waals surface area contributed by atoms with Crippen molar-refractivity contribution in [3.8, 4) is 11.5 Å². The van der Waals surface area contributed by atoms with Gasteiger partial charge in [0, 0.05) is 5.56 Å². The van der Waals surface area contributed by atoms with E-state index in [1.54, 1.807) is 0 Å². The lowest BCUT2D eigenvalue weighted by Gasteiger charge is -2.17. The van der Waals surface area contributed by atoms with E-state index in [0.29, 0.717) is 0 Å². The van der Waals surface area contributed by atoms with E-state index in [-0.39, 0.29) is 23.6 Å². The summed E-state index contributed by atoms with van der Waals surface area (Å²) in [5.41, 5.74) is -0.698. The smallest absolute Gasteiger partial charge is 0.491 e. The zero-order valence-electron chi connectivity index (χ0n) is 11.3. The molecule has 1 heterocycles. The minimum absolute atomic E-state index is 0.0383. The van der Waals surface area contributed by atoms with E-state index >= 15 is 0 Å². The third-order valence-corrected chi connectivity index (χ3v) is 2.37. The van der Waals surface area contributed by atoms with E-state index < -0.39 is 31.2 Å². The molecular formula is C12H13F4NO4. The summed E-state index contributed by atoms with van der Waals surface area (Å²) < 4.78 is 63.4. The van der Waals surface area contributed by atoms with E-state index in [1.807, 2.05) is 0 Å². The van der Waals surface area contributed by atoms with Crippen LogP contribution in [0.2, 0.25) is 0 Å². The topological polar surface area (TPSA) is 57.7 Å². The number of esters is 1. The number of methoxy groups -OCH3 is 1. The minimum atomic E-state index is -5.02. The SMILES string of the molecule is CCOC(=O)Cc1c(CF)ncc(OC)c1OC(F)(F)F. The van der Waals surface area contributed by atoms with Gasteiger partial charge in [0.05, 0.1) is 32.0 Å². The molecule has 0 bridgehead atoms. The Morgan fingerprint density at radius 2 is 2.05 bits per heavy atom. The Bertz CT molecular complexity index is 505. The van der Waals surface area contributed by atoms with Crippen LogP contribution in [0.25, 0.3) is 0 Å². The van der Waals surface area contributed by atoms with Crippen molar-refractivity contribution < 1.29 is 36.6 Å². The molecule has 0 aliphatic carbocycles. The molecule has 0 amide bonds. The van der Waals surface area contributed by atoms with Crippen LogP contribution >= 0.6 is 0 Å². The predicted molar refractivity (Wildman–Crippen MR) is 62.6 cm³/mol. The van der Waals surface area contributed by atoms with Gasteiger partial charge in [0.25, 0.3) is 0 Å². The first-order valence-corrected chi connectivity index (χ1v) is 5.84. The van der Waals surface area contributed by atoms with Gasteiger partial charge in [-0.1, -0.05) is 0 Å². The molecule has 0 spiro atoms. The summed E-state index contributed by atoms with van der Waals surface area (Å²) in [6.45, 7) is 0.411. The fraction of sp³-hybridized carbons (Fsp3) is 0.500. The van der Waals surface area contributed by atoms with Crippen molar-refractivity contribution in [1.29, 1.82) is 0 Å². The summed E-state index contributed by atoms with van der Waals surface area (Å²) in [6, 6.07) is 0. The lowest BCUT2D eigenvalue weighted by Crippen LogP contribution is -2.21. The monoisotopic (exact) mass is 311 g/mol. The second-order valence-corrected chi connectivity index (χ2v) is 3.74. The van der Waals surface area contributed by atoms with Crippen LogP contribution in [0.5, 0.6) is 11.5 Å². The second kappa shape index (κ2) is 7.09. The highest BCUT2D eigenvalue weighted by Gasteiger charge is 2.35. The Kier molecular flexibility index (Phi) is 5.74. The predicted octanol–water partition coefficient (Wildman–Crippen LogP) is 2.56. The molecule has 0 saturated carbocycles. The van der Waals surface area contributed by atoms with E-state index in [9.17, 15) is 22.4 Å². The highest BCUT2D eigenvalue weighted by Crippen LogP contribution is 2.37. The van der Waals surface area contributed by atoms with E-state index in [2.05, 4.69) is 14.5 Å². The third kappa shape index (κ3) is 4.76. The standard InChI is InChI=1S/C12H13F4NO4/c1-3-20-10(18)4-7-8(5-13)17-6-9(19-2)11(7)21-12(14,15)16/h6H,3-5H2,1-2H3. The largest absolute Gasteiger partial charge is 0.573 e. The Morgan fingerprint density at radius 3 is 2.52 bits per heavy atom. The molecule has 118 valence electrons. The number of hydrogen-bond acceptors (Lipinski definition) is 5. The number of hydrogen-bond donors (Lipinski definition) is 0. The molecule has 0 aliphatic heterocycles. The van der Waals surface area contributed by atoms with Crippen molar-refractivity contribution in [3.63, 3.8) is 0 Å². The van der Waals surface area contributed by atoms with E-state index in [1.165, 1.54) is 6.92 Å². The van der Waals surface area contributed by atoms with Crippen molar-refractivity contribution in [2.45, 2.75) is 26.4 Å². The van der Waals surface area contributed by atoms with Crippen LogP contribution in [0.3, 0.4) is 0 Å². The molecule has 0 radical (unpaired) electrons. The first-order chi connectivity index (χ1) is 9.82. The maximum absolute atomic E-state index is 12.9. The minimum Gasteiger partial charge on any atom is -0.491 e. The van der Waals surface area contributed by atoms with Crippen molar-refractivity contribution in [2.75, 3.05) is 13.7 Å². The van der Waals surface area contributed by atoms with Gasteiger partial charge in [-0.15, -0.1) is 13.2 Å². The molecule has 0 fully saturated rings. The van der Waals surface area contributed by atoms with Crippen LogP contribution in [0.15, 0.2) is 6.20 Å². The lowest BCUT2D eigenvalue weighted by molar-refractivity contribution is -0.275. The van der Waals surface area contributed by atoms with Gasteiger partial charge in [0.15, 0.2) is 11.5 Å². The molecule has 0 aliphatic rings. The molecule has 0 N–H and O–H groups in total. The van der Waals surface area contributed by atoms with Crippen LogP contribution in [0.4, 0.5) is 17.6 Å². The normalized spacial score (nSPS) is 11.1. The Morgan fingerprint density at radius 1 is 1.38 bits per heavy atom. The number of carbonyl (C=O) groups is 1. The third-order valence-electron chi connectivity index (χ3n) is 2.37. The molecule has 0 saturated heterocycles. The summed E-state index contributed by atoms with van der Waals surface area (Å²) in [4.78, 5) is 15.1. The van der Waals surface area contributed by atoms with Crippen molar-refractivity contribution in [1.82, 2.24) is 4.98 Å². The average molecular weight is 311 g/mol. The summed E-state index contributed by atoms with van der Waals surface area (Å²) in [5, 5.41) is 0. The average Bonchev–Trinajstić information content (AvgIpc) is 2.39. The first kappa shape index (κ1) is 17.0. The van der Waals surface area contributed by atoms with Gasteiger partial charge in [-0.05, 0) is 6.92 Å². The highest BCUT2D eigenvalue weighted by atomic mass is 19.4. The number of nitrogens with zero attached hydrogens (tertiary/aromatic N) is 1. The maximum atomic E-state index is 12.9. The van der Waals surface area contributed by atoms with Gasteiger partial charge in [0.1, 0.15) is 6.67 Å². The lowest BCUT2D eigenvalue weighted by atomic mass is 10.1. The Hall–Kier alpha value is -2.06. The number of alkyl halides is 4. The first-order valence-electron chi connectivity index (χ1n) is 5.84. The van der Waals surface area contributed by atoms with Crippen molar-refractivity contribution >= 4 is 5.97 Å². The zero-order chi connectivity index (χ0) is 16.0. The number of halogens is 4. The Balaban J connectivity index is 3.29. The Labute approximate surface area is 117 Å². The summed E-state index contributed by atoms with van der Waals surface area (Å²) >= 11 is 0. The molecule has 0 unspecified atom stereocenters. The summed E-state index contributed by atoms with van der Waals surface area (Å²) in [5.74, 6) is -1.97. The van der Waals surface area contributed by atoms with Gasteiger partial charge in [-0.3, -0.25) is 9.78 Å². The zero-order valence-corrected chi connectivity index (χ0v) is 11.3. The van der Waals surface area contributed by atoms with E-state index in [0.717, 1.165) is 13.3 Å². The van der Waals surface area contributed by atoms with Gasteiger partial charge >= 0.3 is 12.3 Å². The van der Waals surface area contributed by atoms with E-state index in [4.69, 9.17) is 4.74 Å².